The lowest BCUT2D eigenvalue weighted by molar-refractivity contribution is -0.149. The summed E-state index contributed by atoms with van der Waals surface area (Å²) in [5.41, 5.74) is 0.631. The molecule has 2 amide bonds. The van der Waals surface area contributed by atoms with Crippen molar-refractivity contribution < 1.29 is 29.3 Å². The van der Waals surface area contributed by atoms with E-state index in [2.05, 4.69) is 6.58 Å². The maximum atomic E-state index is 14.1. The van der Waals surface area contributed by atoms with Crippen LogP contribution in [0.4, 0.5) is 5.69 Å². The van der Waals surface area contributed by atoms with Crippen LogP contribution in [0.2, 0.25) is 0 Å². The Morgan fingerprint density at radius 1 is 1.38 bits per heavy atom. The number of aliphatic hydroxyl groups is 1. The van der Waals surface area contributed by atoms with Crippen LogP contribution in [-0.2, 0) is 14.4 Å². The molecule has 4 rings (SSSR count). The van der Waals surface area contributed by atoms with Gasteiger partial charge in [0.15, 0.2) is 0 Å². The summed E-state index contributed by atoms with van der Waals surface area (Å²) in [6.07, 6.45) is 2.26. The van der Waals surface area contributed by atoms with E-state index in [1.165, 1.54) is 16.7 Å². The van der Waals surface area contributed by atoms with Gasteiger partial charge < -0.3 is 24.7 Å². The average molecular weight is 461 g/mol. The van der Waals surface area contributed by atoms with Gasteiger partial charge in [0.1, 0.15) is 11.8 Å². The van der Waals surface area contributed by atoms with Crippen molar-refractivity contribution in [3.8, 4) is 5.75 Å². The van der Waals surface area contributed by atoms with Crippen LogP contribution in [0.15, 0.2) is 36.9 Å². The normalized spacial score (nSPS) is 32.7. The molecule has 1 spiro atoms. The molecule has 3 aliphatic heterocycles. The van der Waals surface area contributed by atoms with Gasteiger partial charge in [-0.15, -0.1) is 18.3 Å². The van der Waals surface area contributed by atoms with Crippen molar-refractivity contribution in [3.05, 3.63) is 36.9 Å². The summed E-state index contributed by atoms with van der Waals surface area (Å²) in [6.45, 7) is 5.69. The van der Waals surface area contributed by atoms with Crippen LogP contribution in [-0.4, -0.2) is 75.7 Å². The summed E-state index contributed by atoms with van der Waals surface area (Å²) in [5, 5.41) is 19.4. The Balaban J connectivity index is 1.79. The molecule has 6 atom stereocenters. The molecule has 1 aromatic rings. The first-order valence-corrected chi connectivity index (χ1v) is 11.6. The van der Waals surface area contributed by atoms with Crippen LogP contribution in [0, 0.1) is 17.8 Å². The number of methoxy groups -OCH3 is 1. The zero-order valence-corrected chi connectivity index (χ0v) is 19.0. The summed E-state index contributed by atoms with van der Waals surface area (Å²) in [6, 6.07) is 6.19. The lowest BCUT2D eigenvalue weighted by atomic mass is 9.66. The largest absolute Gasteiger partial charge is 0.497 e. The first kappa shape index (κ1) is 22.7. The second-order valence-corrected chi connectivity index (χ2v) is 10.1. The van der Waals surface area contributed by atoms with Crippen molar-refractivity contribution in [2.75, 3.05) is 31.7 Å². The number of rotatable bonds is 8. The number of nitrogens with zero attached hydrogens (tertiary/aromatic N) is 2. The molecule has 0 radical (unpaired) electrons. The molecule has 2 bridgehead atoms. The highest BCUT2D eigenvalue weighted by atomic mass is 32.2. The Bertz CT molecular complexity index is 937. The van der Waals surface area contributed by atoms with Crippen LogP contribution >= 0.6 is 11.8 Å². The van der Waals surface area contributed by atoms with Gasteiger partial charge in [0.05, 0.1) is 30.3 Å². The molecule has 0 aliphatic carbocycles. The zero-order chi connectivity index (χ0) is 23.2. The van der Waals surface area contributed by atoms with E-state index in [-0.39, 0.29) is 42.7 Å². The molecular weight excluding hydrogens is 432 g/mol. The summed E-state index contributed by atoms with van der Waals surface area (Å²) in [5.74, 6) is -2.59. The Hall–Kier alpha value is -2.52. The number of hydrogen-bond donors (Lipinski definition) is 2. The van der Waals surface area contributed by atoms with Crippen molar-refractivity contribution in [2.24, 2.45) is 17.8 Å². The molecule has 3 fully saturated rings. The molecule has 3 saturated heterocycles. The quantitative estimate of drug-likeness (QED) is 0.568. The van der Waals surface area contributed by atoms with Crippen molar-refractivity contribution >= 4 is 35.2 Å². The molecule has 3 heterocycles. The summed E-state index contributed by atoms with van der Waals surface area (Å²) >= 11 is 1.48. The van der Waals surface area contributed by atoms with Gasteiger partial charge in [-0.2, -0.15) is 0 Å². The zero-order valence-electron chi connectivity index (χ0n) is 18.1. The number of amides is 2. The second kappa shape index (κ2) is 8.44. The number of aliphatic hydroxyl groups excluding tert-OH is 1. The van der Waals surface area contributed by atoms with Crippen LogP contribution in [0.5, 0.6) is 5.75 Å². The van der Waals surface area contributed by atoms with Crippen molar-refractivity contribution in [1.29, 1.82) is 0 Å². The minimum absolute atomic E-state index is 0.0116. The molecular formula is C23H28N2O6S. The number of thioether (sulfide) groups is 1. The van der Waals surface area contributed by atoms with Gasteiger partial charge in [-0.25, -0.2) is 0 Å². The standard InChI is InChI=1S/C23H28N2O6S/c1-4-9-24(14-5-7-15(31-3)8-6-14)21(28)19-23-13(2)12-16(32-23)17(22(29)30)18(23)20(27)25(19)10-11-26/h4-8,13,16-19,26H,1,9-12H2,2-3H3,(H,29,30)/t13?,16-,17+,18-,19?,23?/m0/s1. The number of carbonyl (C=O) groups is 3. The van der Waals surface area contributed by atoms with Gasteiger partial charge in [0, 0.05) is 24.0 Å². The molecule has 3 aliphatic rings. The predicted octanol–water partition coefficient (Wildman–Crippen LogP) is 1.63. The number of carbonyl (C=O) groups excluding carboxylic acids is 2. The van der Waals surface area contributed by atoms with Gasteiger partial charge in [-0.1, -0.05) is 13.0 Å². The number of hydrogen-bond acceptors (Lipinski definition) is 6. The molecule has 9 heteroatoms. The van der Waals surface area contributed by atoms with Gasteiger partial charge >= 0.3 is 5.97 Å². The Labute approximate surface area is 191 Å². The number of carboxylic acid groups (broad SMARTS) is 1. The summed E-state index contributed by atoms with van der Waals surface area (Å²) < 4.78 is 4.38. The van der Waals surface area contributed by atoms with E-state index in [1.807, 2.05) is 6.92 Å². The minimum atomic E-state index is -0.996. The molecule has 2 N–H and O–H groups in total. The number of carboxylic acids is 1. The lowest BCUT2D eigenvalue weighted by Crippen LogP contribution is -2.57. The SMILES string of the molecule is C=CCN(C(=O)C1N(CCO)C(=O)[C@@H]2[C@H](C(=O)O)[C@@H]3CC(C)C12S3)c1ccc(OC)cc1. The predicted molar refractivity (Wildman–Crippen MR) is 121 cm³/mol. The third-order valence-electron chi connectivity index (χ3n) is 7.07. The molecule has 172 valence electrons. The van der Waals surface area contributed by atoms with E-state index in [9.17, 15) is 24.6 Å². The smallest absolute Gasteiger partial charge is 0.308 e. The topological polar surface area (TPSA) is 107 Å². The number of likely N-dealkylation sites (tertiary alicyclic amines) is 1. The molecule has 0 aromatic heterocycles. The monoisotopic (exact) mass is 460 g/mol. The maximum Gasteiger partial charge on any atom is 0.308 e. The minimum Gasteiger partial charge on any atom is -0.497 e. The van der Waals surface area contributed by atoms with E-state index in [0.717, 1.165) is 0 Å². The van der Waals surface area contributed by atoms with E-state index in [4.69, 9.17) is 4.74 Å². The molecule has 1 aromatic carbocycles. The van der Waals surface area contributed by atoms with Crippen LogP contribution in [0.1, 0.15) is 13.3 Å². The lowest BCUT2D eigenvalue weighted by Gasteiger charge is -2.40. The van der Waals surface area contributed by atoms with Crippen LogP contribution in [0.25, 0.3) is 0 Å². The van der Waals surface area contributed by atoms with Crippen LogP contribution in [0.3, 0.4) is 0 Å². The molecule has 0 saturated carbocycles. The van der Waals surface area contributed by atoms with Crippen molar-refractivity contribution in [1.82, 2.24) is 4.90 Å². The Kier molecular flexibility index (Phi) is 5.98. The first-order valence-electron chi connectivity index (χ1n) is 10.7. The highest BCUT2D eigenvalue weighted by Crippen LogP contribution is 2.68. The fourth-order valence-corrected chi connectivity index (χ4v) is 8.20. The highest BCUT2D eigenvalue weighted by molar-refractivity contribution is 8.02. The van der Waals surface area contributed by atoms with E-state index >= 15 is 0 Å². The van der Waals surface area contributed by atoms with Gasteiger partial charge in [-0.05, 0) is 36.6 Å². The number of fused-ring (bicyclic) bond motifs is 1. The fraction of sp³-hybridized carbons (Fsp3) is 0.522. The van der Waals surface area contributed by atoms with Crippen molar-refractivity contribution in [3.63, 3.8) is 0 Å². The number of aliphatic carboxylic acids is 1. The number of ether oxygens (including phenoxy) is 1. The number of benzene rings is 1. The van der Waals surface area contributed by atoms with Gasteiger partial charge in [0.2, 0.25) is 5.91 Å². The fourth-order valence-electron chi connectivity index (χ4n) is 5.79. The number of anilines is 1. The van der Waals surface area contributed by atoms with Crippen LogP contribution < -0.4 is 9.64 Å². The highest BCUT2D eigenvalue weighted by Gasteiger charge is 2.76. The Morgan fingerprint density at radius 2 is 2.06 bits per heavy atom. The second-order valence-electron chi connectivity index (χ2n) is 8.58. The molecule has 8 nitrogen and oxygen atoms in total. The molecule has 32 heavy (non-hydrogen) atoms. The summed E-state index contributed by atoms with van der Waals surface area (Å²) in [4.78, 5) is 42.6. The van der Waals surface area contributed by atoms with E-state index in [0.29, 0.717) is 17.9 Å². The van der Waals surface area contributed by atoms with E-state index in [1.54, 1.807) is 42.4 Å². The average Bonchev–Trinajstić information content (AvgIpc) is 3.36. The maximum absolute atomic E-state index is 14.1. The van der Waals surface area contributed by atoms with E-state index < -0.39 is 28.6 Å². The first-order chi connectivity index (χ1) is 15.3. The third kappa shape index (κ3) is 3.13. The number of β-amino-alcohol motifs (C(OH)–C–C–N with tert-alkyl or cyclic N) is 1. The van der Waals surface area contributed by atoms with Gasteiger partial charge in [0.25, 0.3) is 5.91 Å². The van der Waals surface area contributed by atoms with Crippen molar-refractivity contribution in [2.45, 2.75) is 29.4 Å². The Morgan fingerprint density at radius 3 is 2.62 bits per heavy atom. The van der Waals surface area contributed by atoms with Gasteiger partial charge in [-0.3, -0.25) is 14.4 Å². The third-order valence-corrected chi connectivity index (χ3v) is 9.14. The molecule has 3 unspecified atom stereocenters. The summed E-state index contributed by atoms with van der Waals surface area (Å²) in [7, 11) is 1.56.